The SMILES string of the molecule is COCCN1CCN(C(=O)c2cccc(-c3ncccc3OC)c2)CC1. The predicted octanol–water partition coefficient (Wildman–Crippen LogP) is 2.16. The standard InChI is InChI=1S/C20H25N3O3/c1-25-14-13-22-9-11-23(12-10-22)20(24)17-6-3-5-16(15-17)19-18(26-2)7-4-8-21-19/h3-8,15H,9-14H2,1-2H3. The van der Waals surface area contributed by atoms with Crippen LogP contribution in [0.25, 0.3) is 11.3 Å². The van der Waals surface area contributed by atoms with Gasteiger partial charge in [0.25, 0.3) is 5.91 Å². The first-order valence-electron chi connectivity index (χ1n) is 8.83. The number of methoxy groups -OCH3 is 2. The lowest BCUT2D eigenvalue weighted by Gasteiger charge is -2.34. The predicted molar refractivity (Wildman–Crippen MR) is 100 cm³/mol. The van der Waals surface area contributed by atoms with E-state index in [2.05, 4.69) is 9.88 Å². The number of ether oxygens (including phenoxy) is 2. The Balaban J connectivity index is 1.71. The fourth-order valence-electron chi connectivity index (χ4n) is 3.15. The second kappa shape index (κ2) is 8.78. The molecule has 0 aliphatic carbocycles. The molecule has 1 saturated heterocycles. The zero-order valence-corrected chi connectivity index (χ0v) is 15.4. The van der Waals surface area contributed by atoms with Gasteiger partial charge >= 0.3 is 0 Å². The monoisotopic (exact) mass is 355 g/mol. The fourth-order valence-corrected chi connectivity index (χ4v) is 3.15. The van der Waals surface area contributed by atoms with Crippen molar-refractivity contribution in [2.45, 2.75) is 0 Å². The average molecular weight is 355 g/mol. The summed E-state index contributed by atoms with van der Waals surface area (Å²) in [6.07, 6.45) is 1.73. The van der Waals surface area contributed by atoms with Crippen molar-refractivity contribution in [3.8, 4) is 17.0 Å². The molecule has 0 saturated carbocycles. The first kappa shape index (κ1) is 18.4. The van der Waals surface area contributed by atoms with Crippen molar-refractivity contribution >= 4 is 5.91 Å². The molecule has 0 radical (unpaired) electrons. The number of aromatic nitrogens is 1. The highest BCUT2D eigenvalue weighted by atomic mass is 16.5. The van der Waals surface area contributed by atoms with Crippen molar-refractivity contribution in [2.24, 2.45) is 0 Å². The van der Waals surface area contributed by atoms with Gasteiger partial charge in [0.15, 0.2) is 0 Å². The molecule has 2 heterocycles. The summed E-state index contributed by atoms with van der Waals surface area (Å²) < 4.78 is 10.5. The van der Waals surface area contributed by atoms with E-state index in [1.807, 2.05) is 41.3 Å². The third kappa shape index (κ3) is 4.20. The summed E-state index contributed by atoms with van der Waals surface area (Å²) in [5.41, 5.74) is 2.31. The molecule has 0 atom stereocenters. The van der Waals surface area contributed by atoms with E-state index in [1.165, 1.54) is 0 Å². The number of rotatable bonds is 6. The summed E-state index contributed by atoms with van der Waals surface area (Å²) in [6.45, 7) is 4.86. The van der Waals surface area contributed by atoms with Crippen LogP contribution >= 0.6 is 0 Å². The molecule has 138 valence electrons. The van der Waals surface area contributed by atoms with Crippen molar-refractivity contribution in [3.05, 3.63) is 48.2 Å². The van der Waals surface area contributed by atoms with Crippen LogP contribution in [0.15, 0.2) is 42.6 Å². The molecular formula is C20H25N3O3. The first-order valence-corrected chi connectivity index (χ1v) is 8.83. The van der Waals surface area contributed by atoms with Crippen LogP contribution in [0.1, 0.15) is 10.4 Å². The summed E-state index contributed by atoms with van der Waals surface area (Å²) in [4.78, 5) is 21.5. The van der Waals surface area contributed by atoms with E-state index in [1.54, 1.807) is 20.4 Å². The summed E-state index contributed by atoms with van der Waals surface area (Å²) in [5.74, 6) is 0.761. The Hall–Kier alpha value is -2.44. The Bertz CT molecular complexity index is 743. The van der Waals surface area contributed by atoms with Gasteiger partial charge in [-0.15, -0.1) is 0 Å². The van der Waals surface area contributed by atoms with E-state index in [-0.39, 0.29) is 5.91 Å². The maximum Gasteiger partial charge on any atom is 0.253 e. The molecule has 1 aromatic carbocycles. The van der Waals surface area contributed by atoms with E-state index in [0.29, 0.717) is 11.3 Å². The number of hydrogen-bond donors (Lipinski definition) is 0. The van der Waals surface area contributed by atoms with Gasteiger partial charge in [0, 0.05) is 57.2 Å². The maximum atomic E-state index is 12.9. The van der Waals surface area contributed by atoms with Gasteiger partial charge in [0.1, 0.15) is 11.4 Å². The van der Waals surface area contributed by atoms with E-state index >= 15 is 0 Å². The molecule has 2 aromatic rings. The number of hydrogen-bond acceptors (Lipinski definition) is 5. The zero-order valence-electron chi connectivity index (χ0n) is 15.4. The topological polar surface area (TPSA) is 54.9 Å². The normalized spacial score (nSPS) is 15.1. The third-order valence-electron chi connectivity index (χ3n) is 4.64. The molecule has 0 spiro atoms. The van der Waals surface area contributed by atoms with Gasteiger partial charge in [-0.05, 0) is 24.3 Å². The van der Waals surface area contributed by atoms with Gasteiger partial charge < -0.3 is 14.4 Å². The van der Waals surface area contributed by atoms with E-state index in [9.17, 15) is 4.79 Å². The largest absolute Gasteiger partial charge is 0.494 e. The summed E-state index contributed by atoms with van der Waals surface area (Å²) >= 11 is 0. The maximum absolute atomic E-state index is 12.9. The molecule has 6 nitrogen and oxygen atoms in total. The van der Waals surface area contributed by atoms with E-state index < -0.39 is 0 Å². The summed E-state index contributed by atoms with van der Waals surface area (Å²) in [5, 5.41) is 0. The molecule has 1 amide bonds. The molecule has 0 N–H and O–H groups in total. The Labute approximate surface area is 154 Å². The van der Waals surface area contributed by atoms with Crippen molar-refractivity contribution in [1.82, 2.24) is 14.8 Å². The minimum Gasteiger partial charge on any atom is -0.494 e. The third-order valence-corrected chi connectivity index (χ3v) is 4.64. The van der Waals surface area contributed by atoms with E-state index in [4.69, 9.17) is 9.47 Å². The van der Waals surface area contributed by atoms with Gasteiger partial charge in [-0.2, -0.15) is 0 Å². The van der Waals surface area contributed by atoms with Gasteiger partial charge in [0.2, 0.25) is 0 Å². The van der Waals surface area contributed by atoms with Crippen LogP contribution in [0.2, 0.25) is 0 Å². The van der Waals surface area contributed by atoms with Crippen LogP contribution in [-0.2, 0) is 4.74 Å². The highest BCUT2D eigenvalue weighted by molar-refractivity contribution is 5.95. The number of pyridine rings is 1. The van der Waals surface area contributed by atoms with Crippen molar-refractivity contribution in [1.29, 1.82) is 0 Å². The number of amides is 1. The lowest BCUT2D eigenvalue weighted by molar-refractivity contribution is 0.0594. The Morgan fingerprint density at radius 2 is 1.92 bits per heavy atom. The molecule has 6 heteroatoms. The average Bonchev–Trinajstić information content (AvgIpc) is 2.72. The Kier molecular flexibility index (Phi) is 6.20. The quantitative estimate of drug-likeness (QED) is 0.795. The van der Waals surface area contributed by atoms with Crippen LogP contribution in [-0.4, -0.2) is 74.2 Å². The number of carbonyl (C=O) groups excluding carboxylic acids is 1. The summed E-state index contributed by atoms with van der Waals surface area (Å²) in [6, 6.07) is 11.3. The zero-order chi connectivity index (χ0) is 18.4. The summed E-state index contributed by atoms with van der Waals surface area (Å²) in [7, 11) is 3.34. The first-order chi connectivity index (χ1) is 12.7. The lowest BCUT2D eigenvalue weighted by Crippen LogP contribution is -2.49. The lowest BCUT2D eigenvalue weighted by atomic mass is 10.1. The molecule has 1 fully saturated rings. The number of carbonyl (C=O) groups is 1. The number of nitrogens with zero attached hydrogens (tertiary/aromatic N) is 3. The fraction of sp³-hybridized carbons (Fsp3) is 0.400. The Morgan fingerprint density at radius 1 is 1.12 bits per heavy atom. The minimum atomic E-state index is 0.0631. The molecule has 1 aromatic heterocycles. The van der Waals surface area contributed by atoms with E-state index in [0.717, 1.165) is 50.6 Å². The molecule has 26 heavy (non-hydrogen) atoms. The van der Waals surface area contributed by atoms with Crippen LogP contribution in [0.3, 0.4) is 0 Å². The highest BCUT2D eigenvalue weighted by Gasteiger charge is 2.22. The minimum absolute atomic E-state index is 0.0631. The van der Waals surface area contributed by atoms with Crippen LogP contribution < -0.4 is 4.74 Å². The van der Waals surface area contributed by atoms with Crippen molar-refractivity contribution < 1.29 is 14.3 Å². The molecule has 3 rings (SSSR count). The van der Waals surface area contributed by atoms with Gasteiger partial charge in [-0.3, -0.25) is 14.7 Å². The van der Waals surface area contributed by atoms with Crippen LogP contribution in [0.4, 0.5) is 0 Å². The van der Waals surface area contributed by atoms with Crippen LogP contribution in [0, 0.1) is 0 Å². The number of piperazine rings is 1. The second-order valence-electron chi connectivity index (χ2n) is 6.26. The van der Waals surface area contributed by atoms with Crippen molar-refractivity contribution in [2.75, 3.05) is 53.6 Å². The smallest absolute Gasteiger partial charge is 0.253 e. The van der Waals surface area contributed by atoms with Gasteiger partial charge in [-0.25, -0.2) is 0 Å². The van der Waals surface area contributed by atoms with Gasteiger partial charge in [0.05, 0.1) is 13.7 Å². The highest BCUT2D eigenvalue weighted by Crippen LogP contribution is 2.28. The van der Waals surface area contributed by atoms with Crippen LogP contribution in [0.5, 0.6) is 5.75 Å². The van der Waals surface area contributed by atoms with Crippen molar-refractivity contribution in [3.63, 3.8) is 0 Å². The Morgan fingerprint density at radius 3 is 2.65 bits per heavy atom. The molecular weight excluding hydrogens is 330 g/mol. The molecule has 1 aliphatic rings. The molecule has 0 unspecified atom stereocenters. The molecule has 0 bridgehead atoms. The van der Waals surface area contributed by atoms with Gasteiger partial charge in [-0.1, -0.05) is 12.1 Å². The second-order valence-corrected chi connectivity index (χ2v) is 6.26. The molecule has 1 aliphatic heterocycles. The number of benzene rings is 1.